The van der Waals surface area contributed by atoms with Crippen molar-refractivity contribution >= 4 is 56.5 Å². The fourth-order valence-electron chi connectivity index (χ4n) is 2.84. The van der Waals surface area contributed by atoms with E-state index in [0.29, 0.717) is 10.1 Å². The summed E-state index contributed by atoms with van der Waals surface area (Å²) >= 11 is 15.3. The SMILES string of the molecule is Cc1cc(C)c(NC(=S)N2CCN(c3ncc(Br)cn3)CC2)c(Cl)c1. The van der Waals surface area contributed by atoms with Crippen LogP contribution in [-0.4, -0.2) is 46.2 Å². The quantitative estimate of drug-likeness (QED) is 0.711. The molecule has 2 aromatic rings. The number of aromatic nitrogens is 2. The highest BCUT2D eigenvalue weighted by molar-refractivity contribution is 9.10. The highest BCUT2D eigenvalue weighted by Crippen LogP contribution is 2.27. The number of rotatable bonds is 2. The molecule has 1 N–H and O–H groups in total. The van der Waals surface area contributed by atoms with Gasteiger partial charge in [0.1, 0.15) is 0 Å². The van der Waals surface area contributed by atoms with Crippen molar-refractivity contribution in [3.8, 4) is 0 Å². The summed E-state index contributed by atoms with van der Waals surface area (Å²) < 4.78 is 0.880. The van der Waals surface area contributed by atoms with Crippen LogP contribution in [0.2, 0.25) is 5.02 Å². The molecule has 1 aliphatic rings. The van der Waals surface area contributed by atoms with Gasteiger partial charge < -0.3 is 15.1 Å². The first kappa shape index (κ1) is 18.4. The molecule has 2 heterocycles. The van der Waals surface area contributed by atoms with Crippen LogP contribution in [-0.2, 0) is 0 Å². The van der Waals surface area contributed by atoms with Crippen molar-refractivity contribution in [2.45, 2.75) is 13.8 Å². The number of hydrogen-bond donors (Lipinski definition) is 1. The number of anilines is 2. The lowest BCUT2D eigenvalue weighted by molar-refractivity contribution is 0.388. The summed E-state index contributed by atoms with van der Waals surface area (Å²) in [5.41, 5.74) is 3.12. The Morgan fingerprint density at radius 3 is 2.40 bits per heavy atom. The minimum Gasteiger partial charge on any atom is -0.345 e. The van der Waals surface area contributed by atoms with E-state index in [1.807, 2.05) is 19.9 Å². The molecule has 0 unspecified atom stereocenters. The number of nitrogens with one attached hydrogen (secondary N) is 1. The van der Waals surface area contributed by atoms with Crippen LogP contribution in [0.15, 0.2) is 29.0 Å². The Balaban J connectivity index is 1.61. The van der Waals surface area contributed by atoms with E-state index in [0.717, 1.165) is 53.4 Å². The second-order valence-corrected chi connectivity index (χ2v) is 7.75. The van der Waals surface area contributed by atoms with Gasteiger partial charge in [-0.05, 0) is 59.2 Å². The van der Waals surface area contributed by atoms with E-state index in [-0.39, 0.29) is 0 Å². The first-order valence-corrected chi connectivity index (χ1v) is 9.57. The van der Waals surface area contributed by atoms with Crippen molar-refractivity contribution < 1.29 is 0 Å². The van der Waals surface area contributed by atoms with Crippen molar-refractivity contribution in [2.75, 3.05) is 36.4 Å². The van der Waals surface area contributed by atoms with Gasteiger partial charge in [0.15, 0.2) is 5.11 Å². The maximum Gasteiger partial charge on any atom is 0.225 e. The van der Waals surface area contributed by atoms with E-state index in [1.165, 1.54) is 0 Å². The van der Waals surface area contributed by atoms with E-state index in [2.05, 4.69) is 47.1 Å². The zero-order chi connectivity index (χ0) is 18.0. The Labute approximate surface area is 166 Å². The number of halogens is 2. The average molecular weight is 441 g/mol. The molecule has 0 radical (unpaired) electrons. The summed E-state index contributed by atoms with van der Waals surface area (Å²) in [4.78, 5) is 13.0. The van der Waals surface area contributed by atoms with Crippen LogP contribution < -0.4 is 10.2 Å². The normalized spacial score (nSPS) is 14.6. The Bertz CT molecular complexity index is 752. The number of hydrogen-bond acceptors (Lipinski definition) is 4. The molecule has 132 valence electrons. The fraction of sp³-hybridized carbons (Fsp3) is 0.353. The maximum atomic E-state index is 6.36. The molecule has 1 aromatic carbocycles. The smallest absolute Gasteiger partial charge is 0.225 e. The third kappa shape index (κ3) is 4.40. The lowest BCUT2D eigenvalue weighted by atomic mass is 10.1. The Kier molecular flexibility index (Phi) is 5.76. The molecule has 0 saturated carbocycles. The number of thiocarbonyl (C=S) groups is 1. The summed E-state index contributed by atoms with van der Waals surface area (Å²) in [6.45, 7) is 7.34. The molecular weight excluding hydrogens is 422 g/mol. The van der Waals surface area contributed by atoms with E-state index in [9.17, 15) is 0 Å². The third-order valence-electron chi connectivity index (χ3n) is 4.12. The zero-order valence-corrected chi connectivity index (χ0v) is 17.2. The van der Waals surface area contributed by atoms with Crippen LogP contribution in [0.4, 0.5) is 11.6 Å². The summed E-state index contributed by atoms with van der Waals surface area (Å²) in [6.07, 6.45) is 3.53. The topological polar surface area (TPSA) is 44.3 Å². The van der Waals surface area contributed by atoms with E-state index < -0.39 is 0 Å². The highest BCUT2D eigenvalue weighted by atomic mass is 79.9. The molecule has 1 aromatic heterocycles. The first-order chi connectivity index (χ1) is 11.9. The minimum absolute atomic E-state index is 0.696. The molecule has 5 nitrogen and oxygen atoms in total. The summed E-state index contributed by atoms with van der Waals surface area (Å²) in [5, 5.41) is 4.70. The molecule has 0 amide bonds. The molecule has 1 aliphatic heterocycles. The Morgan fingerprint density at radius 2 is 1.80 bits per heavy atom. The van der Waals surface area contributed by atoms with E-state index in [4.69, 9.17) is 23.8 Å². The Hall–Kier alpha value is -1.44. The van der Waals surface area contributed by atoms with Gasteiger partial charge >= 0.3 is 0 Å². The molecule has 25 heavy (non-hydrogen) atoms. The molecule has 0 bridgehead atoms. The standard InChI is InChI=1S/C17H19BrClN5S/c1-11-7-12(2)15(14(19)8-11)22-17(25)24-5-3-23(4-6-24)16-20-9-13(18)10-21-16/h7-10H,3-6H2,1-2H3,(H,22,25). The molecular formula is C17H19BrClN5S. The van der Waals surface area contributed by atoms with Gasteiger partial charge in [-0.3, -0.25) is 0 Å². The van der Waals surface area contributed by atoms with E-state index in [1.54, 1.807) is 12.4 Å². The number of nitrogens with zero attached hydrogens (tertiary/aromatic N) is 4. The van der Waals surface area contributed by atoms with Gasteiger partial charge in [0.25, 0.3) is 0 Å². The molecule has 0 spiro atoms. The van der Waals surface area contributed by atoms with Gasteiger partial charge in [0.2, 0.25) is 5.95 Å². The van der Waals surface area contributed by atoms with Crippen molar-refractivity contribution in [1.82, 2.24) is 14.9 Å². The van der Waals surface area contributed by atoms with Crippen molar-refractivity contribution in [3.05, 3.63) is 45.1 Å². The lowest BCUT2D eigenvalue weighted by Gasteiger charge is -2.36. The Morgan fingerprint density at radius 1 is 1.16 bits per heavy atom. The number of benzene rings is 1. The minimum atomic E-state index is 0.696. The van der Waals surface area contributed by atoms with Crippen molar-refractivity contribution in [2.24, 2.45) is 0 Å². The van der Waals surface area contributed by atoms with Gasteiger partial charge in [-0.25, -0.2) is 9.97 Å². The van der Waals surface area contributed by atoms with Crippen molar-refractivity contribution in [3.63, 3.8) is 0 Å². The molecule has 3 rings (SSSR count). The van der Waals surface area contributed by atoms with Crippen LogP contribution >= 0.6 is 39.7 Å². The maximum absolute atomic E-state index is 6.36. The molecule has 1 fully saturated rings. The van der Waals surface area contributed by atoms with Crippen molar-refractivity contribution in [1.29, 1.82) is 0 Å². The van der Waals surface area contributed by atoms with Crippen LogP contribution in [0.25, 0.3) is 0 Å². The third-order valence-corrected chi connectivity index (χ3v) is 5.19. The van der Waals surface area contributed by atoms with Gasteiger partial charge in [0.05, 0.1) is 15.2 Å². The largest absolute Gasteiger partial charge is 0.345 e. The van der Waals surface area contributed by atoms with Crippen LogP contribution in [0.1, 0.15) is 11.1 Å². The molecule has 1 saturated heterocycles. The average Bonchev–Trinajstić information content (AvgIpc) is 2.59. The van der Waals surface area contributed by atoms with Crippen LogP contribution in [0.5, 0.6) is 0 Å². The molecule has 0 aliphatic carbocycles. The highest BCUT2D eigenvalue weighted by Gasteiger charge is 2.21. The summed E-state index contributed by atoms with van der Waals surface area (Å²) in [6, 6.07) is 4.04. The number of piperazine rings is 1. The second-order valence-electron chi connectivity index (χ2n) is 6.04. The monoisotopic (exact) mass is 439 g/mol. The van der Waals surface area contributed by atoms with Gasteiger partial charge in [-0.15, -0.1) is 0 Å². The van der Waals surface area contributed by atoms with E-state index >= 15 is 0 Å². The predicted molar refractivity (Wildman–Crippen MR) is 111 cm³/mol. The zero-order valence-electron chi connectivity index (χ0n) is 14.1. The number of aryl methyl sites for hydroxylation is 2. The first-order valence-electron chi connectivity index (χ1n) is 7.99. The van der Waals surface area contributed by atoms with Crippen LogP contribution in [0.3, 0.4) is 0 Å². The second kappa shape index (κ2) is 7.85. The predicted octanol–water partition coefficient (Wildman–Crippen LogP) is 4.03. The molecule has 8 heteroatoms. The lowest BCUT2D eigenvalue weighted by Crippen LogP contribution is -2.50. The van der Waals surface area contributed by atoms with Gasteiger partial charge in [-0.1, -0.05) is 17.7 Å². The summed E-state index contributed by atoms with van der Waals surface area (Å²) in [5.74, 6) is 0.749. The van der Waals surface area contributed by atoms with Crippen LogP contribution in [0, 0.1) is 13.8 Å². The van der Waals surface area contributed by atoms with Gasteiger partial charge in [-0.2, -0.15) is 0 Å². The fourth-order valence-corrected chi connectivity index (χ4v) is 3.70. The molecule has 0 atom stereocenters. The van der Waals surface area contributed by atoms with Gasteiger partial charge in [0, 0.05) is 38.6 Å². The summed E-state index contributed by atoms with van der Waals surface area (Å²) in [7, 11) is 0.